The van der Waals surface area contributed by atoms with E-state index in [2.05, 4.69) is 82.7 Å². The molecular weight excluding hydrogens is 326 g/mol. The molecule has 0 N–H and O–H groups in total. The lowest BCUT2D eigenvalue weighted by atomic mass is 9.88. The Hall–Kier alpha value is -2.54. The van der Waals surface area contributed by atoms with Gasteiger partial charge in [-0.15, -0.1) is 6.58 Å². The molecule has 27 heavy (non-hydrogen) atoms. The molecule has 1 saturated heterocycles. The summed E-state index contributed by atoms with van der Waals surface area (Å²) in [6.07, 6.45) is 6.32. The largest absolute Gasteiger partial charge is 0.337 e. The number of allylic oxidation sites excluding steroid dienone is 6. The predicted molar refractivity (Wildman–Crippen MR) is 118 cm³/mol. The molecule has 2 aliphatic heterocycles. The molecule has 1 unspecified atom stereocenters. The fourth-order valence-electron chi connectivity index (χ4n) is 4.32. The summed E-state index contributed by atoms with van der Waals surface area (Å²) in [5.74, 6) is 0.314. The maximum atomic E-state index is 4.49. The molecule has 0 spiro atoms. The Morgan fingerprint density at radius 2 is 1.93 bits per heavy atom. The number of fused-ring (bicyclic) bond motifs is 1. The van der Waals surface area contributed by atoms with Crippen molar-refractivity contribution in [2.24, 2.45) is 5.92 Å². The third kappa shape index (κ3) is 3.16. The Morgan fingerprint density at radius 1 is 1.22 bits per heavy atom. The molecule has 2 aliphatic rings. The standard InChI is InChI=1S/C26H31N/c1-8-17(4)24-15-26-19(6)25(16-27(26)20(7)21(24)9-2)22(10-3)23-14-12-11-13-18(23)5/h8,11-15,17H,1,6-7,9-10,16H2,2-5H3/b25-22-. The van der Waals surface area contributed by atoms with Crippen molar-refractivity contribution in [1.29, 1.82) is 0 Å². The fourth-order valence-corrected chi connectivity index (χ4v) is 4.32. The SMILES string of the molecule is C=CC(C)C1=C(CC)C(=C)N2C/C(=C(\CC)c3ccccc3C)C(=C)C2=C1. The van der Waals surface area contributed by atoms with Crippen LogP contribution in [0.15, 0.2) is 89.8 Å². The van der Waals surface area contributed by atoms with Gasteiger partial charge in [0.25, 0.3) is 0 Å². The molecule has 0 amide bonds. The molecule has 0 radical (unpaired) electrons. The molecule has 0 saturated carbocycles. The molecule has 1 aromatic rings. The van der Waals surface area contributed by atoms with Gasteiger partial charge in [-0.3, -0.25) is 0 Å². The van der Waals surface area contributed by atoms with E-state index >= 15 is 0 Å². The van der Waals surface area contributed by atoms with Crippen LogP contribution >= 0.6 is 0 Å². The normalized spacial score (nSPS) is 19.9. The minimum absolute atomic E-state index is 0.314. The Labute approximate surface area is 164 Å². The molecule has 1 nitrogen and oxygen atoms in total. The molecule has 0 aliphatic carbocycles. The first-order valence-corrected chi connectivity index (χ1v) is 9.96. The summed E-state index contributed by atoms with van der Waals surface area (Å²) in [5, 5.41) is 0. The Morgan fingerprint density at radius 3 is 2.52 bits per heavy atom. The van der Waals surface area contributed by atoms with Gasteiger partial charge in [0.05, 0.1) is 0 Å². The highest BCUT2D eigenvalue weighted by Crippen LogP contribution is 2.45. The third-order valence-electron chi connectivity index (χ3n) is 5.98. The Balaban J connectivity index is 2.13. The van der Waals surface area contributed by atoms with Gasteiger partial charge < -0.3 is 4.90 Å². The van der Waals surface area contributed by atoms with Crippen molar-refractivity contribution in [2.45, 2.75) is 40.5 Å². The Bertz CT molecular complexity index is 904. The van der Waals surface area contributed by atoms with Crippen LogP contribution in [-0.2, 0) is 0 Å². The van der Waals surface area contributed by atoms with Crippen molar-refractivity contribution < 1.29 is 0 Å². The summed E-state index contributed by atoms with van der Waals surface area (Å²) in [6.45, 7) is 22.6. The smallest absolute Gasteiger partial charge is 0.0491 e. The van der Waals surface area contributed by atoms with Gasteiger partial charge in [0, 0.05) is 17.9 Å². The molecule has 1 aromatic carbocycles. The second kappa shape index (κ2) is 7.60. The summed E-state index contributed by atoms with van der Waals surface area (Å²) in [6, 6.07) is 8.65. The number of benzene rings is 1. The Kier molecular flexibility index (Phi) is 5.41. The number of rotatable bonds is 5. The zero-order valence-corrected chi connectivity index (χ0v) is 17.2. The van der Waals surface area contributed by atoms with Crippen molar-refractivity contribution in [3.63, 3.8) is 0 Å². The summed E-state index contributed by atoms with van der Waals surface area (Å²) in [7, 11) is 0. The summed E-state index contributed by atoms with van der Waals surface area (Å²) in [4.78, 5) is 2.35. The van der Waals surface area contributed by atoms with Gasteiger partial charge in [-0.25, -0.2) is 0 Å². The van der Waals surface area contributed by atoms with Gasteiger partial charge >= 0.3 is 0 Å². The molecule has 0 aromatic heterocycles. The number of aryl methyl sites for hydroxylation is 1. The quantitative estimate of drug-likeness (QED) is 0.514. The van der Waals surface area contributed by atoms with E-state index in [4.69, 9.17) is 0 Å². The summed E-state index contributed by atoms with van der Waals surface area (Å²) < 4.78 is 0. The molecule has 1 heteroatoms. The van der Waals surface area contributed by atoms with Crippen molar-refractivity contribution >= 4 is 5.57 Å². The first-order valence-electron chi connectivity index (χ1n) is 9.96. The second-order valence-electron chi connectivity index (χ2n) is 7.48. The van der Waals surface area contributed by atoms with Crippen LogP contribution in [0.1, 0.15) is 44.7 Å². The van der Waals surface area contributed by atoms with Crippen molar-refractivity contribution in [2.75, 3.05) is 6.54 Å². The topological polar surface area (TPSA) is 3.24 Å². The van der Waals surface area contributed by atoms with Crippen LogP contribution in [0.5, 0.6) is 0 Å². The number of hydrogen-bond acceptors (Lipinski definition) is 1. The van der Waals surface area contributed by atoms with E-state index in [0.29, 0.717) is 5.92 Å². The maximum Gasteiger partial charge on any atom is 0.0491 e. The minimum atomic E-state index is 0.314. The zero-order valence-electron chi connectivity index (χ0n) is 17.2. The van der Waals surface area contributed by atoms with Crippen molar-refractivity contribution in [3.05, 3.63) is 101 Å². The van der Waals surface area contributed by atoms with E-state index < -0.39 is 0 Å². The van der Waals surface area contributed by atoms with Gasteiger partial charge in [0.2, 0.25) is 0 Å². The average molecular weight is 358 g/mol. The maximum absolute atomic E-state index is 4.49. The lowest BCUT2D eigenvalue weighted by molar-refractivity contribution is 0.504. The molecule has 1 fully saturated rings. The molecule has 0 bridgehead atoms. The van der Waals surface area contributed by atoms with Crippen LogP contribution < -0.4 is 0 Å². The van der Waals surface area contributed by atoms with Crippen LogP contribution in [-0.4, -0.2) is 11.4 Å². The van der Waals surface area contributed by atoms with Gasteiger partial charge in [-0.1, -0.05) is 64.3 Å². The molecule has 2 heterocycles. The third-order valence-corrected chi connectivity index (χ3v) is 5.98. The van der Waals surface area contributed by atoms with Crippen LogP contribution in [0.25, 0.3) is 5.57 Å². The van der Waals surface area contributed by atoms with Crippen molar-refractivity contribution in [3.8, 4) is 0 Å². The lowest BCUT2D eigenvalue weighted by Gasteiger charge is -2.31. The monoisotopic (exact) mass is 357 g/mol. The highest BCUT2D eigenvalue weighted by Gasteiger charge is 2.34. The summed E-state index contributed by atoms with van der Waals surface area (Å²) in [5.41, 5.74) is 11.5. The number of nitrogens with zero attached hydrogens (tertiary/aromatic N) is 1. The van der Waals surface area contributed by atoms with Crippen molar-refractivity contribution in [1.82, 2.24) is 4.90 Å². The van der Waals surface area contributed by atoms with Gasteiger partial charge in [0.15, 0.2) is 0 Å². The summed E-state index contributed by atoms with van der Waals surface area (Å²) >= 11 is 0. The van der Waals surface area contributed by atoms with E-state index in [1.54, 1.807) is 0 Å². The second-order valence-corrected chi connectivity index (χ2v) is 7.48. The van der Waals surface area contributed by atoms with Crippen LogP contribution in [0.4, 0.5) is 0 Å². The van der Waals surface area contributed by atoms with Crippen LogP contribution in [0.3, 0.4) is 0 Å². The van der Waals surface area contributed by atoms with E-state index in [1.807, 2.05) is 6.08 Å². The number of hydrogen-bond donors (Lipinski definition) is 0. The minimum Gasteiger partial charge on any atom is -0.337 e. The first-order chi connectivity index (χ1) is 12.9. The van der Waals surface area contributed by atoms with E-state index in [-0.39, 0.29) is 0 Å². The van der Waals surface area contributed by atoms with Gasteiger partial charge in [-0.05, 0) is 70.8 Å². The lowest BCUT2D eigenvalue weighted by Crippen LogP contribution is -2.23. The molecule has 1 atom stereocenters. The zero-order chi connectivity index (χ0) is 19.7. The highest BCUT2D eigenvalue weighted by atomic mass is 15.2. The molecule has 140 valence electrons. The van der Waals surface area contributed by atoms with Crippen LogP contribution in [0.2, 0.25) is 0 Å². The predicted octanol–water partition coefficient (Wildman–Crippen LogP) is 6.97. The average Bonchev–Trinajstić information content (AvgIpc) is 3.00. The molecule has 3 rings (SSSR count). The van der Waals surface area contributed by atoms with Gasteiger partial charge in [0.1, 0.15) is 0 Å². The fraction of sp³-hybridized carbons (Fsp3) is 0.308. The highest BCUT2D eigenvalue weighted by molar-refractivity contribution is 5.78. The van der Waals surface area contributed by atoms with E-state index in [0.717, 1.165) is 30.7 Å². The van der Waals surface area contributed by atoms with E-state index in [9.17, 15) is 0 Å². The molecular formula is C26H31N. The van der Waals surface area contributed by atoms with E-state index in [1.165, 1.54) is 39.1 Å². The van der Waals surface area contributed by atoms with Crippen LogP contribution in [0, 0.1) is 12.8 Å². The first kappa shape index (κ1) is 19.2. The van der Waals surface area contributed by atoms with Gasteiger partial charge in [-0.2, -0.15) is 0 Å².